The van der Waals surface area contributed by atoms with Crippen molar-refractivity contribution in [3.63, 3.8) is 0 Å². The first-order valence-electron chi connectivity index (χ1n) is 8.18. The van der Waals surface area contributed by atoms with Crippen LogP contribution in [0.25, 0.3) is 11.0 Å². The first-order valence-corrected chi connectivity index (χ1v) is 9.00. The van der Waals surface area contributed by atoms with Gasteiger partial charge in [-0.25, -0.2) is 4.39 Å². The molecule has 2 aromatic rings. The number of aliphatic hydroxyl groups excluding tert-OH is 1. The Kier molecular flexibility index (Phi) is 5.89. The first-order chi connectivity index (χ1) is 12.8. The zero-order chi connectivity index (χ0) is 19.6. The molecule has 2 heterocycles. The van der Waals surface area contributed by atoms with Crippen LogP contribution in [0.1, 0.15) is 12.2 Å². The molecule has 1 N–H and O–H groups in total. The summed E-state index contributed by atoms with van der Waals surface area (Å²) in [7, 11) is 1.81. The van der Waals surface area contributed by atoms with Crippen molar-refractivity contribution >= 4 is 22.7 Å². The summed E-state index contributed by atoms with van der Waals surface area (Å²) < 4.78 is 64.4. The number of fused-ring (bicyclic) bond motifs is 1. The number of rotatable bonds is 3. The maximum Gasteiger partial charge on any atom is 0.446 e. The number of benzene rings is 1. The Morgan fingerprint density at radius 1 is 1.41 bits per heavy atom. The van der Waals surface area contributed by atoms with Crippen LogP contribution in [-0.4, -0.2) is 54.5 Å². The number of alkyl halides is 4. The zero-order valence-electron chi connectivity index (χ0n) is 14.3. The second kappa shape index (κ2) is 8.00. The SMILES string of the molecule is CN1CC[C@@H](Oc2cccc3c(SC(F)(F)F)c(C#CCO)oc23)[C@@H](F)C1. The Morgan fingerprint density at radius 2 is 2.19 bits per heavy atom. The lowest BCUT2D eigenvalue weighted by atomic mass is 10.1. The lowest BCUT2D eigenvalue weighted by molar-refractivity contribution is -0.0328. The van der Waals surface area contributed by atoms with E-state index in [9.17, 15) is 17.6 Å². The molecule has 1 aliphatic rings. The van der Waals surface area contributed by atoms with Crippen LogP contribution in [0.3, 0.4) is 0 Å². The van der Waals surface area contributed by atoms with Crippen molar-refractivity contribution in [3.05, 3.63) is 24.0 Å². The fourth-order valence-corrected chi connectivity index (χ4v) is 3.60. The highest BCUT2D eigenvalue weighted by Crippen LogP contribution is 2.45. The van der Waals surface area contributed by atoms with Gasteiger partial charge in [0, 0.05) is 18.5 Å². The molecule has 9 heteroatoms. The highest BCUT2D eigenvalue weighted by Gasteiger charge is 2.34. The van der Waals surface area contributed by atoms with Gasteiger partial charge in [0.2, 0.25) is 0 Å². The summed E-state index contributed by atoms with van der Waals surface area (Å²) in [6.45, 7) is 0.360. The van der Waals surface area contributed by atoms with Crippen molar-refractivity contribution in [1.29, 1.82) is 0 Å². The van der Waals surface area contributed by atoms with Gasteiger partial charge in [-0.05, 0) is 43.3 Å². The molecule has 0 unspecified atom stereocenters. The third-order valence-corrected chi connectivity index (χ3v) is 4.94. The lowest BCUT2D eigenvalue weighted by Gasteiger charge is -2.32. The number of halogens is 4. The minimum absolute atomic E-state index is 0.0811. The van der Waals surface area contributed by atoms with Crippen molar-refractivity contribution in [2.24, 2.45) is 0 Å². The van der Waals surface area contributed by atoms with Crippen LogP contribution in [0.5, 0.6) is 5.75 Å². The minimum Gasteiger partial charge on any atom is -0.483 e. The van der Waals surface area contributed by atoms with Gasteiger partial charge in [0.05, 0.1) is 4.90 Å². The lowest BCUT2D eigenvalue weighted by Crippen LogP contribution is -2.45. The summed E-state index contributed by atoms with van der Waals surface area (Å²) >= 11 is -0.345. The molecule has 2 atom stereocenters. The Labute approximate surface area is 157 Å². The van der Waals surface area contributed by atoms with Crippen molar-refractivity contribution in [2.75, 3.05) is 26.7 Å². The summed E-state index contributed by atoms with van der Waals surface area (Å²) in [6.07, 6.45) is -1.47. The molecule has 0 amide bonds. The van der Waals surface area contributed by atoms with Crippen molar-refractivity contribution in [1.82, 2.24) is 4.90 Å². The largest absolute Gasteiger partial charge is 0.483 e. The highest BCUT2D eigenvalue weighted by molar-refractivity contribution is 8.00. The second-order valence-corrected chi connectivity index (χ2v) is 7.20. The number of likely N-dealkylation sites (tertiary alicyclic amines) is 1. The Hall–Kier alpha value is -1.89. The van der Waals surface area contributed by atoms with Gasteiger partial charge in [-0.1, -0.05) is 12.0 Å². The quantitative estimate of drug-likeness (QED) is 0.480. The van der Waals surface area contributed by atoms with Gasteiger partial charge in [0.25, 0.3) is 0 Å². The normalized spacial score (nSPS) is 21.1. The first kappa shape index (κ1) is 19.9. The van der Waals surface area contributed by atoms with Crippen LogP contribution in [0.2, 0.25) is 0 Å². The predicted molar refractivity (Wildman–Crippen MR) is 93.5 cm³/mol. The van der Waals surface area contributed by atoms with E-state index in [1.165, 1.54) is 18.2 Å². The van der Waals surface area contributed by atoms with Gasteiger partial charge in [-0.15, -0.1) is 0 Å². The summed E-state index contributed by atoms with van der Waals surface area (Å²) in [6, 6.07) is 4.52. The van der Waals surface area contributed by atoms with E-state index >= 15 is 0 Å². The standard InChI is InChI=1S/C18H17F4NO3S/c1-23-8-7-13(12(19)10-23)25-14-5-2-4-11-16(14)26-15(6-3-9-24)17(11)27-18(20,21)22/h2,4-5,12-13,24H,7-10H2,1H3/t12-,13+/m0/s1. The van der Waals surface area contributed by atoms with Crippen molar-refractivity contribution < 1.29 is 31.8 Å². The molecule has 0 radical (unpaired) electrons. The number of furan rings is 1. The van der Waals surface area contributed by atoms with Gasteiger partial charge in [-0.3, -0.25) is 0 Å². The number of thioether (sulfide) groups is 1. The summed E-state index contributed by atoms with van der Waals surface area (Å²) in [5.41, 5.74) is -4.46. The van der Waals surface area contributed by atoms with E-state index in [-0.39, 0.29) is 45.7 Å². The molecule has 27 heavy (non-hydrogen) atoms. The number of para-hydroxylation sites is 1. The Morgan fingerprint density at radius 3 is 2.85 bits per heavy atom. The molecule has 1 fully saturated rings. The maximum absolute atomic E-state index is 14.3. The van der Waals surface area contributed by atoms with Crippen LogP contribution in [0, 0.1) is 11.8 Å². The predicted octanol–water partition coefficient (Wildman–Crippen LogP) is 3.81. The Bertz CT molecular complexity index is 871. The minimum atomic E-state index is -4.54. The average molecular weight is 403 g/mol. The van der Waals surface area contributed by atoms with E-state index in [1.54, 1.807) is 0 Å². The molecule has 3 rings (SSSR count). The number of hydrogen-bond acceptors (Lipinski definition) is 5. The second-order valence-electron chi connectivity index (χ2n) is 6.12. The van der Waals surface area contributed by atoms with E-state index in [0.717, 1.165) is 0 Å². The van der Waals surface area contributed by atoms with E-state index in [0.29, 0.717) is 13.0 Å². The van der Waals surface area contributed by atoms with Gasteiger partial charge < -0.3 is 19.2 Å². The molecule has 0 aliphatic carbocycles. The number of aliphatic hydroxyl groups is 1. The summed E-state index contributed by atoms with van der Waals surface area (Å²) in [5.74, 6) is 4.65. The topological polar surface area (TPSA) is 45.8 Å². The molecule has 0 bridgehead atoms. The smallest absolute Gasteiger partial charge is 0.446 e. The van der Waals surface area contributed by atoms with E-state index in [2.05, 4.69) is 11.8 Å². The monoisotopic (exact) mass is 403 g/mol. The molecule has 146 valence electrons. The molecule has 1 aromatic carbocycles. The molecule has 1 aromatic heterocycles. The summed E-state index contributed by atoms with van der Waals surface area (Å²) in [4.78, 5) is 1.64. The maximum atomic E-state index is 14.3. The van der Waals surface area contributed by atoms with Gasteiger partial charge in [-0.2, -0.15) is 13.2 Å². The third kappa shape index (κ3) is 4.69. The van der Waals surface area contributed by atoms with Gasteiger partial charge >= 0.3 is 5.51 Å². The number of ether oxygens (including phenoxy) is 1. The van der Waals surface area contributed by atoms with Crippen LogP contribution >= 0.6 is 11.8 Å². The highest BCUT2D eigenvalue weighted by atomic mass is 32.2. The fourth-order valence-electron chi connectivity index (χ4n) is 2.91. The Balaban J connectivity index is 2.00. The van der Waals surface area contributed by atoms with Crippen LogP contribution in [-0.2, 0) is 0 Å². The van der Waals surface area contributed by atoms with Crippen LogP contribution in [0.15, 0.2) is 27.5 Å². The van der Waals surface area contributed by atoms with Gasteiger partial charge in [0.15, 0.2) is 17.1 Å². The molecular formula is C18H17F4NO3S. The van der Waals surface area contributed by atoms with E-state index in [1.807, 2.05) is 11.9 Å². The van der Waals surface area contributed by atoms with Gasteiger partial charge in [0.1, 0.15) is 18.9 Å². The zero-order valence-corrected chi connectivity index (χ0v) is 15.2. The number of hydrogen-bond donors (Lipinski definition) is 1. The molecule has 4 nitrogen and oxygen atoms in total. The van der Waals surface area contributed by atoms with E-state index in [4.69, 9.17) is 14.3 Å². The molecular weight excluding hydrogens is 386 g/mol. The van der Waals surface area contributed by atoms with Crippen LogP contribution < -0.4 is 4.74 Å². The third-order valence-electron chi connectivity index (χ3n) is 4.10. The number of piperidine rings is 1. The van der Waals surface area contributed by atoms with E-state index < -0.39 is 24.4 Å². The number of nitrogens with zero attached hydrogens (tertiary/aromatic N) is 1. The molecule has 0 saturated carbocycles. The van der Waals surface area contributed by atoms with Crippen molar-refractivity contribution in [3.8, 4) is 17.6 Å². The fraction of sp³-hybridized carbons (Fsp3) is 0.444. The summed E-state index contributed by atoms with van der Waals surface area (Å²) in [5, 5.41) is 9.01. The molecule has 1 saturated heterocycles. The average Bonchev–Trinajstić information content (AvgIpc) is 2.92. The van der Waals surface area contributed by atoms with Crippen LogP contribution in [0.4, 0.5) is 17.6 Å². The molecule has 0 spiro atoms. The molecule has 1 aliphatic heterocycles. The van der Waals surface area contributed by atoms with Crippen molar-refractivity contribution in [2.45, 2.75) is 29.1 Å².